The standard InChI is InChI=1S/C18H19Cl2N5O2/c1-11-8-12(2)25-18(22-11)23-16(24-25)10-17(26)21-6-3-7-27-15-5-4-13(19)9-14(15)20/h4-5,8-9H,3,6-7,10H2,1-2H3,(H,21,26). The van der Waals surface area contributed by atoms with Gasteiger partial charge in [0.1, 0.15) is 5.75 Å². The molecule has 2 aromatic heterocycles. The number of nitrogens with zero attached hydrogens (tertiary/aromatic N) is 4. The number of carbonyl (C=O) groups is 1. The molecule has 3 aromatic rings. The van der Waals surface area contributed by atoms with Gasteiger partial charge in [0, 0.05) is 23.0 Å². The van der Waals surface area contributed by atoms with Crippen molar-refractivity contribution in [2.45, 2.75) is 26.7 Å². The molecule has 0 bridgehead atoms. The maximum absolute atomic E-state index is 12.1. The number of hydrogen-bond acceptors (Lipinski definition) is 5. The predicted octanol–water partition coefficient (Wildman–Crippen LogP) is 3.18. The van der Waals surface area contributed by atoms with Crippen molar-refractivity contribution in [3.63, 3.8) is 0 Å². The van der Waals surface area contributed by atoms with Crippen molar-refractivity contribution in [3.8, 4) is 5.75 Å². The number of rotatable bonds is 7. The Kier molecular flexibility index (Phi) is 6.13. The van der Waals surface area contributed by atoms with Crippen molar-refractivity contribution in [2.75, 3.05) is 13.2 Å². The van der Waals surface area contributed by atoms with Crippen molar-refractivity contribution in [2.24, 2.45) is 0 Å². The largest absolute Gasteiger partial charge is 0.492 e. The molecule has 9 heteroatoms. The Morgan fingerprint density at radius 1 is 1.22 bits per heavy atom. The maximum atomic E-state index is 12.1. The Hall–Kier alpha value is -2.38. The molecular formula is C18H19Cl2N5O2. The van der Waals surface area contributed by atoms with E-state index >= 15 is 0 Å². The molecule has 27 heavy (non-hydrogen) atoms. The molecule has 0 saturated heterocycles. The van der Waals surface area contributed by atoms with E-state index in [9.17, 15) is 4.79 Å². The Morgan fingerprint density at radius 3 is 2.81 bits per heavy atom. The van der Waals surface area contributed by atoms with Gasteiger partial charge in [-0.2, -0.15) is 4.98 Å². The van der Waals surface area contributed by atoms with Crippen LogP contribution in [-0.4, -0.2) is 38.6 Å². The lowest BCUT2D eigenvalue weighted by Gasteiger charge is -2.08. The lowest BCUT2D eigenvalue weighted by Crippen LogP contribution is -2.27. The first kappa shape index (κ1) is 19.4. The second kappa shape index (κ2) is 8.54. The number of halogens is 2. The molecule has 0 radical (unpaired) electrons. The van der Waals surface area contributed by atoms with Crippen LogP contribution in [0.15, 0.2) is 24.3 Å². The number of carbonyl (C=O) groups excluding carboxylic acids is 1. The Morgan fingerprint density at radius 2 is 2.04 bits per heavy atom. The SMILES string of the molecule is Cc1cc(C)n2nc(CC(=O)NCCCOc3ccc(Cl)cc3Cl)nc2n1. The Balaban J connectivity index is 1.44. The maximum Gasteiger partial charge on any atom is 0.252 e. The highest BCUT2D eigenvalue weighted by Gasteiger charge is 2.11. The van der Waals surface area contributed by atoms with E-state index in [1.165, 1.54) is 0 Å². The molecule has 0 fully saturated rings. The molecule has 142 valence electrons. The highest BCUT2D eigenvalue weighted by Crippen LogP contribution is 2.27. The number of nitrogens with one attached hydrogen (secondary N) is 1. The summed E-state index contributed by atoms with van der Waals surface area (Å²) in [5, 5.41) is 8.17. The zero-order valence-corrected chi connectivity index (χ0v) is 16.5. The first-order valence-electron chi connectivity index (χ1n) is 8.47. The molecule has 1 aromatic carbocycles. The number of ether oxygens (including phenoxy) is 1. The summed E-state index contributed by atoms with van der Waals surface area (Å²) in [6.45, 7) is 4.73. The number of amides is 1. The average Bonchev–Trinajstić information content (AvgIpc) is 2.98. The van der Waals surface area contributed by atoms with Gasteiger partial charge in [-0.3, -0.25) is 4.79 Å². The summed E-state index contributed by atoms with van der Waals surface area (Å²) in [6.07, 6.45) is 0.745. The fourth-order valence-corrected chi connectivity index (χ4v) is 3.03. The summed E-state index contributed by atoms with van der Waals surface area (Å²) in [7, 11) is 0. The third-order valence-electron chi connectivity index (χ3n) is 3.78. The normalized spacial score (nSPS) is 11.0. The lowest BCUT2D eigenvalue weighted by molar-refractivity contribution is -0.120. The zero-order valence-electron chi connectivity index (χ0n) is 15.0. The molecule has 0 aliphatic rings. The summed E-state index contributed by atoms with van der Waals surface area (Å²) in [4.78, 5) is 20.7. The smallest absolute Gasteiger partial charge is 0.252 e. The van der Waals surface area contributed by atoms with E-state index in [0.29, 0.717) is 47.0 Å². The molecule has 0 spiro atoms. The summed E-state index contributed by atoms with van der Waals surface area (Å²) in [6, 6.07) is 6.97. The van der Waals surface area contributed by atoms with Crippen molar-refractivity contribution in [1.82, 2.24) is 24.9 Å². The number of fused-ring (bicyclic) bond motifs is 1. The number of aromatic nitrogens is 4. The molecule has 2 heterocycles. The van der Waals surface area contributed by atoms with Gasteiger partial charge in [0.25, 0.3) is 5.78 Å². The van der Waals surface area contributed by atoms with Crippen LogP contribution in [-0.2, 0) is 11.2 Å². The second-order valence-electron chi connectivity index (χ2n) is 6.08. The molecule has 0 unspecified atom stereocenters. The molecule has 3 rings (SSSR count). The van der Waals surface area contributed by atoms with Crippen LogP contribution in [0.1, 0.15) is 23.6 Å². The van der Waals surface area contributed by atoms with Gasteiger partial charge in [0.2, 0.25) is 5.91 Å². The monoisotopic (exact) mass is 407 g/mol. The fraction of sp³-hybridized carbons (Fsp3) is 0.333. The molecule has 0 aliphatic carbocycles. The third-order valence-corrected chi connectivity index (χ3v) is 4.31. The van der Waals surface area contributed by atoms with E-state index in [2.05, 4.69) is 20.4 Å². The summed E-state index contributed by atoms with van der Waals surface area (Å²) >= 11 is 11.9. The van der Waals surface area contributed by atoms with Crippen LogP contribution < -0.4 is 10.1 Å². The average molecular weight is 408 g/mol. The van der Waals surface area contributed by atoms with Gasteiger partial charge in [-0.25, -0.2) is 9.50 Å². The van der Waals surface area contributed by atoms with E-state index in [1.807, 2.05) is 19.9 Å². The fourth-order valence-electron chi connectivity index (χ4n) is 2.56. The second-order valence-corrected chi connectivity index (χ2v) is 6.93. The first-order valence-corrected chi connectivity index (χ1v) is 9.22. The minimum absolute atomic E-state index is 0.103. The van der Waals surface area contributed by atoms with Gasteiger partial charge < -0.3 is 10.1 Å². The van der Waals surface area contributed by atoms with Gasteiger partial charge in [-0.15, -0.1) is 5.10 Å². The summed E-state index contributed by atoms with van der Waals surface area (Å²) < 4.78 is 7.22. The number of aryl methyl sites for hydroxylation is 2. The molecule has 0 saturated carbocycles. The van der Waals surface area contributed by atoms with Crippen LogP contribution in [0, 0.1) is 13.8 Å². The molecule has 1 amide bonds. The van der Waals surface area contributed by atoms with Crippen LogP contribution in [0.2, 0.25) is 10.0 Å². The van der Waals surface area contributed by atoms with Gasteiger partial charge >= 0.3 is 0 Å². The quantitative estimate of drug-likeness (QED) is 0.608. The molecule has 7 nitrogen and oxygen atoms in total. The van der Waals surface area contributed by atoms with Gasteiger partial charge in [0.05, 0.1) is 18.1 Å². The van der Waals surface area contributed by atoms with Crippen LogP contribution >= 0.6 is 23.2 Å². The van der Waals surface area contributed by atoms with Gasteiger partial charge in [-0.1, -0.05) is 23.2 Å². The lowest BCUT2D eigenvalue weighted by atomic mass is 10.3. The molecular weight excluding hydrogens is 389 g/mol. The van der Waals surface area contributed by atoms with E-state index in [0.717, 1.165) is 11.4 Å². The Labute approximate surface area is 166 Å². The van der Waals surface area contributed by atoms with Crippen LogP contribution in [0.3, 0.4) is 0 Å². The molecule has 1 N–H and O–H groups in total. The van der Waals surface area contributed by atoms with Crippen LogP contribution in [0.25, 0.3) is 5.78 Å². The first-order chi connectivity index (χ1) is 12.9. The topological polar surface area (TPSA) is 81.4 Å². The van der Waals surface area contributed by atoms with Crippen LogP contribution in [0.4, 0.5) is 0 Å². The van der Waals surface area contributed by atoms with Crippen molar-refractivity contribution in [3.05, 3.63) is 51.5 Å². The summed E-state index contributed by atoms with van der Waals surface area (Å²) in [5.74, 6) is 1.37. The third kappa shape index (κ3) is 5.08. The van der Waals surface area contributed by atoms with E-state index in [-0.39, 0.29) is 12.3 Å². The zero-order chi connectivity index (χ0) is 19.4. The van der Waals surface area contributed by atoms with Crippen molar-refractivity contribution < 1.29 is 9.53 Å². The minimum Gasteiger partial charge on any atom is -0.492 e. The van der Waals surface area contributed by atoms with Gasteiger partial charge in [-0.05, 0) is 44.5 Å². The van der Waals surface area contributed by atoms with E-state index in [1.54, 1.807) is 22.7 Å². The predicted molar refractivity (Wildman–Crippen MR) is 104 cm³/mol. The number of benzene rings is 1. The van der Waals surface area contributed by atoms with Crippen molar-refractivity contribution >= 4 is 34.9 Å². The minimum atomic E-state index is -0.148. The van der Waals surface area contributed by atoms with E-state index < -0.39 is 0 Å². The Bertz CT molecular complexity index is 974. The molecule has 0 aliphatic heterocycles. The highest BCUT2D eigenvalue weighted by molar-refractivity contribution is 6.35. The number of hydrogen-bond donors (Lipinski definition) is 1. The van der Waals surface area contributed by atoms with E-state index in [4.69, 9.17) is 27.9 Å². The summed E-state index contributed by atoms with van der Waals surface area (Å²) in [5.41, 5.74) is 1.79. The molecule has 0 atom stereocenters. The highest BCUT2D eigenvalue weighted by atomic mass is 35.5. The van der Waals surface area contributed by atoms with Crippen molar-refractivity contribution in [1.29, 1.82) is 0 Å². The van der Waals surface area contributed by atoms with Crippen LogP contribution in [0.5, 0.6) is 5.75 Å². The van der Waals surface area contributed by atoms with Gasteiger partial charge in [0.15, 0.2) is 5.82 Å².